The quantitative estimate of drug-likeness (QED) is 0.606. The SMILES string of the molecule is CC(CN=C1NC(=O)C(=O)N1)N(C)C1CC1. The van der Waals surface area contributed by atoms with Gasteiger partial charge in [-0.25, -0.2) is 0 Å². The minimum Gasteiger partial charge on any atom is -0.299 e. The highest BCUT2D eigenvalue weighted by atomic mass is 16.2. The van der Waals surface area contributed by atoms with Crippen molar-refractivity contribution in [3.63, 3.8) is 0 Å². The molecule has 1 saturated carbocycles. The van der Waals surface area contributed by atoms with Crippen LogP contribution in [0.3, 0.4) is 0 Å². The second kappa shape index (κ2) is 4.21. The van der Waals surface area contributed by atoms with E-state index in [0.29, 0.717) is 18.6 Å². The minimum absolute atomic E-state index is 0.269. The third kappa shape index (κ3) is 2.38. The van der Waals surface area contributed by atoms with Gasteiger partial charge in [0, 0.05) is 12.1 Å². The van der Waals surface area contributed by atoms with Crippen LogP contribution in [0.2, 0.25) is 0 Å². The molecule has 1 unspecified atom stereocenters. The summed E-state index contributed by atoms with van der Waals surface area (Å²) in [5, 5.41) is 4.75. The van der Waals surface area contributed by atoms with E-state index in [-0.39, 0.29) is 5.96 Å². The summed E-state index contributed by atoms with van der Waals surface area (Å²) in [6, 6.07) is 0.998. The highest BCUT2D eigenvalue weighted by Gasteiger charge is 2.29. The van der Waals surface area contributed by atoms with Gasteiger partial charge < -0.3 is 0 Å². The van der Waals surface area contributed by atoms with E-state index in [9.17, 15) is 9.59 Å². The Morgan fingerprint density at radius 2 is 1.94 bits per heavy atom. The number of hydrogen-bond donors (Lipinski definition) is 2. The topological polar surface area (TPSA) is 73.8 Å². The fraction of sp³-hybridized carbons (Fsp3) is 0.700. The first kappa shape index (κ1) is 11.1. The molecule has 1 saturated heterocycles. The van der Waals surface area contributed by atoms with Crippen molar-refractivity contribution in [1.29, 1.82) is 0 Å². The molecular weight excluding hydrogens is 208 g/mol. The minimum atomic E-state index is -0.637. The summed E-state index contributed by atoms with van der Waals surface area (Å²) in [7, 11) is 2.08. The van der Waals surface area contributed by atoms with Crippen LogP contribution < -0.4 is 10.6 Å². The lowest BCUT2D eigenvalue weighted by Crippen LogP contribution is -2.35. The largest absolute Gasteiger partial charge is 0.316 e. The molecule has 1 atom stereocenters. The summed E-state index contributed by atoms with van der Waals surface area (Å²) in [6.45, 7) is 2.66. The van der Waals surface area contributed by atoms with Gasteiger partial charge >= 0.3 is 11.8 Å². The number of hydrogen-bond acceptors (Lipinski definition) is 4. The Kier molecular flexibility index (Phi) is 2.91. The highest BCUT2D eigenvalue weighted by molar-refractivity contribution is 6.45. The number of rotatable bonds is 4. The Hall–Kier alpha value is -1.43. The molecule has 2 amide bonds. The van der Waals surface area contributed by atoms with Gasteiger partial charge in [0.1, 0.15) is 0 Å². The lowest BCUT2D eigenvalue weighted by molar-refractivity contribution is -0.135. The van der Waals surface area contributed by atoms with Crippen molar-refractivity contribution < 1.29 is 9.59 Å². The van der Waals surface area contributed by atoms with Crippen molar-refractivity contribution in [1.82, 2.24) is 15.5 Å². The number of carbonyl (C=O) groups is 2. The zero-order chi connectivity index (χ0) is 11.7. The molecule has 2 aliphatic rings. The number of nitrogens with one attached hydrogen (secondary N) is 2. The number of guanidine groups is 1. The van der Waals surface area contributed by atoms with E-state index >= 15 is 0 Å². The number of likely N-dealkylation sites (N-methyl/N-ethyl adjacent to an activating group) is 1. The van der Waals surface area contributed by atoms with Crippen molar-refractivity contribution in [3.8, 4) is 0 Å². The highest BCUT2D eigenvalue weighted by Crippen LogP contribution is 2.26. The van der Waals surface area contributed by atoms with E-state index < -0.39 is 11.8 Å². The number of amides is 2. The second-order valence-electron chi connectivity index (χ2n) is 4.34. The van der Waals surface area contributed by atoms with E-state index in [2.05, 4.69) is 34.5 Å². The van der Waals surface area contributed by atoms with Crippen LogP contribution in [-0.4, -0.2) is 48.3 Å². The zero-order valence-electron chi connectivity index (χ0n) is 9.49. The molecule has 1 heterocycles. The molecule has 0 radical (unpaired) electrons. The molecule has 0 spiro atoms. The van der Waals surface area contributed by atoms with Crippen LogP contribution >= 0.6 is 0 Å². The first-order valence-corrected chi connectivity index (χ1v) is 5.46. The number of carbonyl (C=O) groups excluding carboxylic acids is 2. The fourth-order valence-corrected chi connectivity index (χ4v) is 1.63. The molecule has 16 heavy (non-hydrogen) atoms. The molecule has 2 rings (SSSR count). The third-order valence-electron chi connectivity index (χ3n) is 3.00. The van der Waals surface area contributed by atoms with Crippen molar-refractivity contribution in [2.45, 2.75) is 31.8 Å². The van der Waals surface area contributed by atoms with Gasteiger partial charge in [0.05, 0.1) is 6.54 Å². The van der Waals surface area contributed by atoms with Crippen LogP contribution in [0.4, 0.5) is 0 Å². The second-order valence-corrected chi connectivity index (χ2v) is 4.34. The summed E-state index contributed by atoms with van der Waals surface area (Å²) in [5.41, 5.74) is 0. The Balaban J connectivity index is 1.84. The maximum Gasteiger partial charge on any atom is 0.316 e. The lowest BCUT2D eigenvalue weighted by Gasteiger charge is -2.22. The molecule has 0 aromatic heterocycles. The van der Waals surface area contributed by atoms with Crippen LogP contribution in [0, 0.1) is 0 Å². The average Bonchev–Trinajstić information content (AvgIpc) is 3.03. The van der Waals surface area contributed by atoms with Gasteiger partial charge in [-0.1, -0.05) is 0 Å². The van der Waals surface area contributed by atoms with Gasteiger partial charge in [-0.2, -0.15) is 0 Å². The normalized spacial score (nSPS) is 22.1. The number of aliphatic imine (C=N–C) groups is 1. The molecule has 0 bridgehead atoms. The predicted octanol–water partition coefficient (Wildman–Crippen LogP) is -0.929. The Labute approximate surface area is 94.1 Å². The molecule has 1 aliphatic heterocycles. The Morgan fingerprint density at radius 3 is 2.44 bits per heavy atom. The molecule has 1 aliphatic carbocycles. The predicted molar refractivity (Wildman–Crippen MR) is 58.8 cm³/mol. The van der Waals surface area contributed by atoms with Gasteiger partial charge in [-0.15, -0.1) is 0 Å². The van der Waals surface area contributed by atoms with Crippen molar-refractivity contribution in [2.75, 3.05) is 13.6 Å². The molecule has 2 N–H and O–H groups in total. The molecule has 2 fully saturated rings. The van der Waals surface area contributed by atoms with Crippen LogP contribution in [0.5, 0.6) is 0 Å². The summed E-state index contributed by atoms with van der Waals surface area (Å²) in [6.07, 6.45) is 2.51. The monoisotopic (exact) mass is 224 g/mol. The summed E-state index contributed by atoms with van der Waals surface area (Å²) in [5.74, 6) is -1.00. The summed E-state index contributed by atoms with van der Waals surface area (Å²) < 4.78 is 0. The van der Waals surface area contributed by atoms with Crippen molar-refractivity contribution in [2.24, 2.45) is 4.99 Å². The van der Waals surface area contributed by atoms with Crippen LogP contribution in [0.25, 0.3) is 0 Å². The molecule has 6 heteroatoms. The van der Waals surface area contributed by atoms with Crippen LogP contribution in [0.1, 0.15) is 19.8 Å². The van der Waals surface area contributed by atoms with E-state index in [0.717, 1.165) is 0 Å². The molecule has 88 valence electrons. The van der Waals surface area contributed by atoms with E-state index in [1.165, 1.54) is 12.8 Å². The van der Waals surface area contributed by atoms with Crippen molar-refractivity contribution in [3.05, 3.63) is 0 Å². The molecule has 6 nitrogen and oxygen atoms in total. The summed E-state index contributed by atoms with van der Waals surface area (Å²) >= 11 is 0. The van der Waals surface area contributed by atoms with Gasteiger partial charge in [0.25, 0.3) is 0 Å². The molecular formula is C10H16N4O2. The maximum absolute atomic E-state index is 10.9. The van der Waals surface area contributed by atoms with Crippen molar-refractivity contribution >= 4 is 17.8 Å². The third-order valence-corrected chi connectivity index (χ3v) is 3.00. The lowest BCUT2D eigenvalue weighted by atomic mass is 10.3. The standard InChI is InChI=1S/C10H16N4O2/c1-6(14(2)7-3-4-7)5-11-10-12-8(15)9(16)13-10/h6-7H,3-5H2,1-2H3,(H2,11,12,13,15,16). The van der Waals surface area contributed by atoms with Gasteiger partial charge in [-0.05, 0) is 26.8 Å². The molecule has 0 aromatic carbocycles. The number of nitrogens with zero attached hydrogens (tertiary/aromatic N) is 2. The molecule has 0 aromatic rings. The smallest absolute Gasteiger partial charge is 0.299 e. The van der Waals surface area contributed by atoms with Gasteiger partial charge in [-0.3, -0.25) is 30.1 Å². The van der Waals surface area contributed by atoms with Gasteiger partial charge in [0.2, 0.25) is 5.96 Å². The first-order valence-electron chi connectivity index (χ1n) is 5.46. The van der Waals surface area contributed by atoms with Crippen LogP contribution in [0.15, 0.2) is 4.99 Å². The maximum atomic E-state index is 10.9. The Morgan fingerprint density at radius 1 is 1.38 bits per heavy atom. The fourth-order valence-electron chi connectivity index (χ4n) is 1.63. The Bertz CT molecular complexity index is 331. The first-order chi connectivity index (χ1) is 7.58. The van der Waals surface area contributed by atoms with E-state index in [4.69, 9.17) is 0 Å². The van der Waals surface area contributed by atoms with E-state index in [1.54, 1.807) is 0 Å². The van der Waals surface area contributed by atoms with E-state index in [1.807, 2.05) is 0 Å². The van der Waals surface area contributed by atoms with Gasteiger partial charge in [0.15, 0.2) is 0 Å². The summed E-state index contributed by atoms with van der Waals surface area (Å²) in [4.78, 5) is 28.2. The van der Waals surface area contributed by atoms with Crippen LogP contribution in [-0.2, 0) is 9.59 Å². The average molecular weight is 224 g/mol. The zero-order valence-corrected chi connectivity index (χ0v) is 9.49.